The van der Waals surface area contributed by atoms with Crippen LogP contribution in [0.15, 0.2) is 83.2 Å². The molecular formula is C30H44O4Si2. The molecule has 0 aliphatic rings. The number of carboxylic acid groups (broad SMARTS) is 1. The van der Waals surface area contributed by atoms with Gasteiger partial charge < -0.3 is 9.84 Å². The molecule has 0 aliphatic heterocycles. The Bertz CT molecular complexity index is 1020. The van der Waals surface area contributed by atoms with Crippen molar-refractivity contribution in [3.63, 3.8) is 0 Å². The second-order valence-corrected chi connectivity index (χ2v) is 18.9. The number of benzene rings is 2. The van der Waals surface area contributed by atoms with E-state index in [1.165, 1.54) is 10.4 Å². The van der Waals surface area contributed by atoms with Gasteiger partial charge in [0, 0.05) is 11.1 Å². The molecule has 0 bridgehead atoms. The number of aliphatic carboxylic acids is 1. The third-order valence-electron chi connectivity index (χ3n) is 5.72. The number of rotatable bonds is 6. The highest BCUT2D eigenvalue weighted by Gasteiger charge is 2.46. The van der Waals surface area contributed by atoms with Crippen LogP contribution >= 0.6 is 0 Å². The Morgan fingerprint density at radius 1 is 0.806 bits per heavy atom. The molecule has 0 atom stereocenters. The Labute approximate surface area is 220 Å². The van der Waals surface area contributed by atoms with E-state index in [1.807, 2.05) is 75.5 Å². The first kappa shape index (κ1) is 31.3. The summed E-state index contributed by atoms with van der Waals surface area (Å²) >= 11 is 0. The van der Waals surface area contributed by atoms with Crippen LogP contribution in [0, 0.1) is 0 Å². The van der Waals surface area contributed by atoms with E-state index in [2.05, 4.69) is 58.1 Å². The zero-order valence-electron chi connectivity index (χ0n) is 23.7. The summed E-state index contributed by atoms with van der Waals surface area (Å²) < 4.78 is 5.22. The summed E-state index contributed by atoms with van der Waals surface area (Å²) in [6, 6.07) is 20.7. The molecule has 0 unspecified atom stereocenters. The Balaban J connectivity index is 0.000000426. The van der Waals surface area contributed by atoms with Crippen LogP contribution in [0.3, 0.4) is 0 Å². The Morgan fingerprint density at radius 3 is 1.53 bits per heavy atom. The highest BCUT2D eigenvalue weighted by Crippen LogP contribution is 2.37. The van der Waals surface area contributed by atoms with E-state index in [1.54, 1.807) is 6.92 Å². The van der Waals surface area contributed by atoms with Crippen molar-refractivity contribution in [3.8, 4) is 0 Å². The minimum absolute atomic E-state index is 0.0631. The lowest BCUT2D eigenvalue weighted by Crippen LogP contribution is -2.63. The van der Waals surface area contributed by atoms with Crippen LogP contribution in [0.25, 0.3) is 0 Å². The minimum Gasteiger partial charge on any atom is -0.478 e. The number of hydrogen-bond donors (Lipinski definition) is 1. The molecule has 0 spiro atoms. The molecule has 0 aliphatic carbocycles. The van der Waals surface area contributed by atoms with Crippen LogP contribution < -0.4 is 10.4 Å². The standard InChI is InChI=1S/C20H24O2Si.C10H20O2Si/c1-16(19(21)22)15-23(20(2,3)4,17-11-7-5-8-12-17)18-13-9-6-10-14-18;1-8(7-13(5)6)9(11)12-10(2,3)4/h5-15H,1-4H3,(H,21,22);7,13H,1-6H3. The summed E-state index contributed by atoms with van der Waals surface area (Å²) in [6.45, 7) is 20.1. The van der Waals surface area contributed by atoms with Crippen LogP contribution in [0.1, 0.15) is 55.4 Å². The average Bonchev–Trinajstić information content (AvgIpc) is 2.76. The monoisotopic (exact) mass is 524 g/mol. The highest BCUT2D eigenvalue weighted by molar-refractivity contribution is 7.08. The summed E-state index contributed by atoms with van der Waals surface area (Å²) in [5, 5.41) is 11.9. The number of carbonyl (C=O) groups excluding carboxylic acids is 1. The molecule has 0 fully saturated rings. The van der Waals surface area contributed by atoms with Gasteiger partial charge in [0.15, 0.2) is 0 Å². The maximum absolute atomic E-state index is 11.5. The van der Waals surface area contributed by atoms with Crippen molar-refractivity contribution in [2.24, 2.45) is 0 Å². The van der Waals surface area contributed by atoms with Gasteiger partial charge in [0.05, 0.1) is 8.80 Å². The Kier molecular flexibility index (Phi) is 11.3. The van der Waals surface area contributed by atoms with E-state index in [0.29, 0.717) is 5.57 Å². The van der Waals surface area contributed by atoms with Crippen molar-refractivity contribution in [1.29, 1.82) is 0 Å². The van der Waals surface area contributed by atoms with Gasteiger partial charge >= 0.3 is 11.9 Å². The van der Waals surface area contributed by atoms with Gasteiger partial charge in [-0.25, -0.2) is 9.59 Å². The maximum atomic E-state index is 11.5. The molecule has 6 heteroatoms. The second kappa shape index (κ2) is 13.0. The van der Waals surface area contributed by atoms with E-state index in [0.717, 1.165) is 5.57 Å². The third kappa shape index (κ3) is 9.06. The van der Waals surface area contributed by atoms with Crippen LogP contribution in [0.5, 0.6) is 0 Å². The first-order valence-corrected chi connectivity index (χ1v) is 17.5. The van der Waals surface area contributed by atoms with Crippen LogP contribution in [0.2, 0.25) is 18.1 Å². The van der Waals surface area contributed by atoms with Gasteiger partial charge in [0.25, 0.3) is 0 Å². The maximum Gasteiger partial charge on any atom is 0.333 e. The highest BCUT2D eigenvalue weighted by atomic mass is 28.3. The van der Waals surface area contributed by atoms with Crippen molar-refractivity contribution in [3.05, 3.63) is 83.2 Å². The molecule has 4 nitrogen and oxygen atoms in total. The lowest BCUT2D eigenvalue weighted by atomic mass is 10.2. The normalized spacial score (nSPS) is 13.1. The predicted molar refractivity (Wildman–Crippen MR) is 157 cm³/mol. The van der Waals surface area contributed by atoms with E-state index >= 15 is 0 Å². The fourth-order valence-corrected chi connectivity index (χ4v) is 10.3. The van der Waals surface area contributed by atoms with Crippen molar-refractivity contribution in [2.75, 3.05) is 0 Å². The minimum atomic E-state index is -2.42. The number of hydrogen-bond acceptors (Lipinski definition) is 3. The number of ether oxygens (including phenoxy) is 1. The number of carbonyl (C=O) groups is 2. The fourth-order valence-electron chi connectivity index (χ4n) is 4.13. The molecule has 0 radical (unpaired) electrons. The van der Waals surface area contributed by atoms with Gasteiger partial charge in [-0.3, -0.25) is 0 Å². The van der Waals surface area contributed by atoms with Crippen molar-refractivity contribution >= 4 is 39.2 Å². The Hall–Kier alpha value is -2.71. The first-order valence-electron chi connectivity index (χ1n) is 12.5. The SMILES string of the molecule is CC(=C[SiH](C)C)C(=O)OC(C)(C)C.CC(=C[Si](c1ccccc1)(c1ccccc1)C(C)(C)C)C(=O)O. The van der Waals surface area contributed by atoms with Crippen LogP contribution in [-0.2, 0) is 14.3 Å². The molecule has 1 N–H and O–H groups in total. The zero-order valence-corrected chi connectivity index (χ0v) is 25.8. The predicted octanol–water partition coefficient (Wildman–Crippen LogP) is 5.92. The molecule has 2 aromatic rings. The van der Waals surface area contributed by atoms with Gasteiger partial charge in [0.1, 0.15) is 13.7 Å². The quantitative estimate of drug-likeness (QED) is 0.289. The lowest BCUT2D eigenvalue weighted by molar-refractivity contribution is -0.149. The molecule has 196 valence electrons. The zero-order chi connectivity index (χ0) is 27.7. The molecule has 0 aromatic heterocycles. The fraction of sp³-hybridized carbons (Fsp3) is 0.400. The molecule has 2 rings (SSSR count). The topological polar surface area (TPSA) is 63.6 Å². The summed E-state index contributed by atoms with van der Waals surface area (Å²) in [4.78, 5) is 22.9. The second-order valence-electron chi connectivity index (χ2n) is 11.5. The van der Waals surface area contributed by atoms with Gasteiger partial charge in [-0.1, -0.05) is 106 Å². The summed E-state index contributed by atoms with van der Waals surface area (Å²) in [5.74, 6) is -1.04. The molecule has 0 saturated carbocycles. The van der Waals surface area contributed by atoms with Gasteiger partial charge in [-0.15, -0.1) is 0 Å². The largest absolute Gasteiger partial charge is 0.478 e. The molecule has 2 aromatic carbocycles. The Morgan fingerprint density at radius 2 is 1.22 bits per heavy atom. The van der Waals surface area contributed by atoms with Gasteiger partial charge in [0.2, 0.25) is 0 Å². The van der Waals surface area contributed by atoms with E-state index in [-0.39, 0.29) is 16.6 Å². The van der Waals surface area contributed by atoms with Gasteiger partial charge in [-0.2, -0.15) is 0 Å². The van der Waals surface area contributed by atoms with Crippen LogP contribution in [-0.4, -0.2) is 39.5 Å². The lowest BCUT2D eigenvalue weighted by Gasteiger charge is -2.42. The third-order valence-corrected chi connectivity index (χ3v) is 12.6. The van der Waals surface area contributed by atoms with E-state index in [4.69, 9.17) is 4.74 Å². The summed E-state index contributed by atoms with van der Waals surface area (Å²) in [7, 11) is -3.23. The molecule has 0 amide bonds. The van der Waals surface area contributed by atoms with Crippen LogP contribution in [0.4, 0.5) is 0 Å². The molecule has 0 heterocycles. The van der Waals surface area contributed by atoms with E-state index in [9.17, 15) is 14.7 Å². The molecule has 0 saturated heterocycles. The smallest absolute Gasteiger partial charge is 0.333 e. The number of carboxylic acids is 1. The molecular weight excluding hydrogens is 480 g/mol. The van der Waals surface area contributed by atoms with Crippen molar-refractivity contribution in [2.45, 2.75) is 79.1 Å². The average molecular weight is 525 g/mol. The number of esters is 1. The summed E-state index contributed by atoms with van der Waals surface area (Å²) in [5.41, 5.74) is 4.87. The van der Waals surface area contributed by atoms with Crippen molar-refractivity contribution < 1.29 is 19.4 Å². The summed E-state index contributed by atoms with van der Waals surface area (Å²) in [6.07, 6.45) is 0. The van der Waals surface area contributed by atoms with E-state index < -0.39 is 22.8 Å². The molecule has 36 heavy (non-hydrogen) atoms. The van der Waals surface area contributed by atoms with Crippen molar-refractivity contribution in [1.82, 2.24) is 0 Å². The first-order chi connectivity index (χ1) is 16.5. The van der Waals surface area contributed by atoms with Gasteiger partial charge in [-0.05, 0) is 50.0 Å².